The van der Waals surface area contributed by atoms with Gasteiger partial charge >= 0.3 is 0 Å². The molecule has 0 fully saturated rings. The van der Waals surface area contributed by atoms with Crippen LogP contribution in [0.15, 0.2) is 125 Å². The van der Waals surface area contributed by atoms with Crippen molar-refractivity contribution in [2.45, 2.75) is 101 Å². The van der Waals surface area contributed by atoms with Crippen LogP contribution in [0.3, 0.4) is 0 Å². The fourth-order valence-electron chi connectivity index (χ4n) is 8.68. The SMILES string of the molecule is BNC(=O)CCCCCN1/C(=C/C=C2\CCCC(/C=C/C3=[N+](CCCCS(=O)(=O)O)c4ccccc4C3(C)C)=C2Oc2ccc(S(=O)(=O)O)cc2)C(C)(C)c2ccccc21. The van der Waals surface area contributed by atoms with E-state index in [0.29, 0.717) is 37.3 Å². The Bertz CT molecular complexity index is 2480. The average Bonchev–Trinajstić information content (AvgIpc) is 3.55. The van der Waals surface area contributed by atoms with E-state index in [1.54, 1.807) is 20.1 Å². The second kappa shape index (κ2) is 18.5. The van der Waals surface area contributed by atoms with Gasteiger partial charge in [-0.25, -0.2) is 0 Å². The molecular weight excluding hydrogens is 797 g/mol. The predicted octanol–water partition coefficient (Wildman–Crippen LogP) is 7.88. The second-order valence-electron chi connectivity index (χ2n) is 16.8. The number of para-hydroxylation sites is 2. The number of benzene rings is 3. The highest BCUT2D eigenvalue weighted by Gasteiger charge is 2.44. The zero-order chi connectivity index (χ0) is 43.3. The number of unbranched alkanes of at least 4 members (excludes halogenated alkanes) is 3. The van der Waals surface area contributed by atoms with Crippen LogP contribution in [0.1, 0.15) is 96.6 Å². The molecule has 0 aromatic heterocycles. The Balaban J connectivity index is 1.40. The van der Waals surface area contributed by atoms with Crippen LogP contribution in [-0.2, 0) is 35.9 Å². The van der Waals surface area contributed by atoms with E-state index >= 15 is 0 Å². The van der Waals surface area contributed by atoms with Crippen LogP contribution >= 0.6 is 0 Å². The van der Waals surface area contributed by atoms with E-state index in [-0.39, 0.29) is 27.4 Å². The van der Waals surface area contributed by atoms with Crippen molar-refractivity contribution in [3.63, 3.8) is 0 Å². The number of rotatable bonds is 17. The van der Waals surface area contributed by atoms with E-state index < -0.39 is 20.2 Å². The number of carbonyl (C=O) groups excluding carboxylic acids is 1. The van der Waals surface area contributed by atoms with Gasteiger partial charge in [-0.1, -0.05) is 62.7 Å². The Hall–Kier alpha value is -4.76. The third-order valence-corrected chi connectivity index (χ3v) is 13.6. The molecule has 11 nitrogen and oxygen atoms in total. The first-order valence-electron chi connectivity index (χ1n) is 20.8. The minimum absolute atomic E-state index is 0.0544. The van der Waals surface area contributed by atoms with E-state index in [1.165, 1.54) is 23.4 Å². The smallest absolute Gasteiger partial charge is 0.294 e. The van der Waals surface area contributed by atoms with Gasteiger partial charge in [-0.3, -0.25) is 13.9 Å². The lowest BCUT2D eigenvalue weighted by Gasteiger charge is -2.27. The molecule has 1 amide bonds. The van der Waals surface area contributed by atoms with Gasteiger partial charge in [0.05, 0.1) is 16.1 Å². The van der Waals surface area contributed by atoms with Crippen LogP contribution in [0.2, 0.25) is 0 Å². The highest BCUT2D eigenvalue weighted by Crippen LogP contribution is 2.48. The maximum Gasteiger partial charge on any atom is 0.294 e. The summed E-state index contributed by atoms with van der Waals surface area (Å²) in [4.78, 5) is 14.0. The molecule has 3 aromatic carbocycles. The van der Waals surface area contributed by atoms with Gasteiger partial charge in [-0.2, -0.15) is 21.4 Å². The number of carbonyl (C=O) groups is 1. The van der Waals surface area contributed by atoms with Crippen LogP contribution in [0.25, 0.3) is 0 Å². The molecule has 6 rings (SSSR count). The molecular formula is C46H57BN3O8S2+. The maximum atomic E-state index is 11.9. The predicted molar refractivity (Wildman–Crippen MR) is 240 cm³/mol. The average molecular weight is 855 g/mol. The standard InChI is InChI=1S/C46H56BN3O8S2/c1-45(2)37-17-7-9-19-39(37)49(30-11-5-6-21-43(51)48-47)41(45)28-22-33-15-14-16-34(44(33)58-35-24-26-36(27-25-35)60(55,56)57)23-29-42-46(3,4)38-18-8-10-20-40(38)50(42)31-12-13-32-59(52,53)54/h7-10,17-20,22-29H,5-6,11-16,21,30-32,47H2,1-4H3,(H2-,48,51,52,53,54,55,56,57)/p+1. The van der Waals surface area contributed by atoms with E-state index in [9.17, 15) is 30.7 Å². The van der Waals surface area contributed by atoms with Gasteiger partial charge in [0.2, 0.25) is 19.6 Å². The molecule has 0 bridgehead atoms. The molecule has 0 radical (unpaired) electrons. The largest absolute Gasteiger partial charge is 0.457 e. The summed E-state index contributed by atoms with van der Waals surface area (Å²) in [7, 11) is -6.78. The van der Waals surface area contributed by atoms with Gasteiger partial charge in [0.15, 0.2) is 5.71 Å². The lowest BCUT2D eigenvalue weighted by atomic mass is 9.81. The summed E-state index contributed by atoms with van der Waals surface area (Å²) in [6.07, 6.45) is 15.0. The molecule has 0 atom stereocenters. The summed E-state index contributed by atoms with van der Waals surface area (Å²) in [5.41, 5.74) is 8.17. The van der Waals surface area contributed by atoms with Crippen LogP contribution in [0, 0.1) is 0 Å². The van der Waals surface area contributed by atoms with Crippen molar-refractivity contribution in [3.05, 3.63) is 131 Å². The van der Waals surface area contributed by atoms with Gasteiger partial charge < -0.3 is 14.9 Å². The molecule has 0 unspecified atom stereocenters. The number of hydrogen-bond donors (Lipinski definition) is 3. The maximum absolute atomic E-state index is 11.9. The van der Waals surface area contributed by atoms with Crippen molar-refractivity contribution in [1.82, 2.24) is 5.23 Å². The fourth-order valence-corrected chi connectivity index (χ4v) is 9.73. The summed E-state index contributed by atoms with van der Waals surface area (Å²) in [5, 5.41) is 2.71. The molecule has 1 aliphatic carbocycles. The number of ether oxygens (including phenoxy) is 1. The van der Waals surface area contributed by atoms with Gasteiger partial charge in [0, 0.05) is 53.9 Å². The van der Waals surface area contributed by atoms with Gasteiger partial charge in [-0.15, -0.1) is 0 Å². The lowest BCUT2D eigenvalue weighted by molar-refractivity contribution is -0.438. The van der Waals surface area contributed by atoms with Crippen LogP contribution in [-0.4, -0.2) is 69.0 Å². The topological polar surface area (TPSA) is 153 Å². The first-order chi connectivity index (χ1) is 28.4. The van der Waals surface area contributed by atoms with Gasteiger partial charge in [0.1, 0.15) is 18.1 Å². The summed E-state index contributed by atoms with van der Waals surface area (Å²) in [6.45, 7) is 10.2. The van der Waals surface area contributed by atoms with E-state index in [1.807, 2.05) is 12.1 Å². The number of nitrogens with one attached hydrogen (secondary N) is 1. The van der Waals surface area contributed by atoms with Crippen molar-refractivity contribution in [2.24, 2.45) is 0 Å². The third kappa shape index (κ3) is 10.2. The normalized spacial score (nSPS) is 18.7. The Morgan fingerprint density at radius 3 is 2.23 bits per heavy atom. The first-order valence-corrected chi connectivity index (χ1v) is 23.8. The van der Waals surface area contributed by atoms with Crippen LogP contribution in [0.4, 0.5) is 11.4 Å². The molecule has 14 heteroatoms. The molecule has 2 aliphatic heterocycles. The molecule has 3 N–H and O–H groups in total. The summed E-state index contributed by atoms with van der Waals surface area (Å²) >= 11 is 0. The summed E-state index contributed by atoms with van der Waals surface area (Å²) in [5.74, 6) is 0.870. The zero-order valence-electron chi connectivity index (χ0n) is 35.3. The Morgan fingerprint density at radius 2 is 1.53 bits per heavy atom. The van der Waals surface area contributed by atoms with Crippen molar-refractivity contribution in [1.29, 1.82) is 0 Å². The molecule has 0 saturated heterocycles. The summed E-state index contributed by atoms with van der Waals surface area (Å²) < 4.78 is 74.6. The van der Waals surface area contributed by atoms with Crippen molar-refractivity contribution < 1.29 is 40.0 Å². The van der Waals surface area contributed by atoms with E-state index in [4.69, 9.17) is 4.74 Å². The molecule has 318 valence electrons. The molecule has 0 spiro atoms. The number of hydrogen-bond acceptors (Lipinski definition) is 7. The fraction of sp³-hybridized carbons (Fsp3) is 0.391. The number of amides is 1. The number of anilines is 1. The monoisotopic (exact) mass is 854 g/mol. The van der Waals surface area contributed by atoms with E-state index in [0.717, 1.165) is 78.9 Å². The molecule has 3 aromatic rings. The van der Waals surface area contributed by atoms with Gasteiger partial charge in [0.25, 0.3) is 20.2 Å². The zero-order valence-corrected chi connectivity index (χ0v) is 36.9. The molecule has 3 aliphatic rings. The van der Waals surface area contributed by atoms with Crippen molar-refractivity contribution in [3.8, 4) is 5.75 Å². The highest BCUT2D eigenvalue weighted by molar-refractivity contribution is 7.86. The molecule has 2 heterocycles. The number of nitrogens with zero attached hydrogens (tertiary/aromatic N) is 2. The van der Waals surface area contributed by atoms with Crippen LogP contribution in [0.5, 0.6) is 5.75 Å². The quantitative estimate of drug-likeness (QED) is 0.0533. The number of allylic oxidation sites excluding steroid dienone is 7. The lowest BCUT2D eigenvalue weighted by Crippen LogP contribution is -2.28. The van der Waals surface area contributed by atoms with E-state index in [2.05, 4.69) is 103 Å². The van der Waals surface area contributed by atoms with Crippen molar-refractivity contribution in [2.75, 3.05) is 23.7 Å². The second-order valence-corrected chi connectivity index (χ2v) is 19.8. The Kier molecular flexibility index (Phi) is 13.8. The first kappa shape index (κ1) is 44.8. The van der Waals surface area contributed by atoms with Crippen LogP contribution < -0.4 is 14.9 Å². The van der Waals surface area contributed by atoms with Crippen molar-refractivity contribution >= 4 is 51.2 Å². The molecule has 60 heavy (non-hydrogen) atoms. The minimum Gasteiger partial charge on any atom is -0.457 e. The minimum atomic E-state index is -4.39. The third-order valence-electron chi connectivity index (χ3n) is 11.9. The Labute approximate surface area is 356 Å². The summed E-state index contributed by atoms with van der Waals surface area (Å²) in [6, 6.07) is 22.5. The molecule has 0 saturated carbocycles. The Morgan fingerprint density at radius 1 is 0.833 bits per heavy atom. The number of fused-ring (bicyclic) bond motifs is 2. The van der Waals surface area contributed by atoms with Gasteiger partial charge in [-0.05, 0) is 112 Å². The highest BCUT2D eigenvalue weighted by atomic mass is 32.2.